The minimum atomic E-state index is -1.77. The topological polar surface area (TPSA) is 177 Å². The van der Waals surface area contributed by atoms with Crippen LogP contribution in [-0.4, -0.2) is 94.6 Å². The van der Waals surface area contributed by atoms with Crippen molar-refractivity contribution in [2.45, 2.75) is 143 Å². The van der Waals surface area contributed by atoms with Gasteiger partial charge in [0.15, 0.2) is 36.1 Å². The van der Waals surface area contributed by atoms with Crippen molar-refractivity contribution in [3.05, 3.63) is 58.2 Å². The fourth-order valence-electron chi connectivity index (χ4n) is 5.33. The van der Waals surface area contributed by atoms with Crippen LogP contribution in [0.1, 0.15) is 86.3 Å². The second-order valence-corrected chi connectivity index (χ2v) is 12.9. The van der Waals surface area contributed by atoms with Crippen molar-refractivity contribution in [2.24, 2.45) is 0 Å². The first-order valence-electron chi connectivity index (χ1n) is 16.8. The number of aromatic hydroxyl groups is 1. The number of aliphatic hydroxyl groups excluding tert-OH is 2. The van der Waals surface area contributed by atoms with E-state index >= 15 is 0 Å². The molecule has 2 aliphatic heterocycles. The number of benzene rings is 1. The van der Waals surface area contributed by atoms with Gasteiger partial charge in [-0.05, 0) is 73.8 Å². The molecule has 2 aliphatic rings. The van der Waals surface area contributed by atoms with E-state index in [0.29, 0.717) is 16.7 Å². The summed E-state index contributed by atoms with van der Waals surface area (Å²) in [5, 5.41) is 33.5. The third kappa shape index (κ3) is 9.12. The van der Waals surface area contributed by atoms with Gasteiger partial charge in [0.1, 0.15) is 18.3 Å². The Hall–Kier alpha value is -3.75. The lowest BCUT2D eigenvalue weighted by Crippen LogP contribution is -2.65. The van der Waals surface area contributed by atoms with Gasteiger partial charge in [-0.15, -0.1) is 0 Å². The first kappa shape index (κ1) is 40.7. The highest BCUT2D eigenvalue weighted by atomic mass is 16.8. The third-order valence-electron chi connectivity index (χ3n) is 9.01. The van der Waals surface area contributed by atoms with Gasteiger partial charge in [-0.25, -0.2) is 14.4 Å². The van der Waals surface area contributed by atoms with Crippen LogP contribution in [-0.2, 0) is 42.8 Å². The Balaban J connectivity index is 2.12. The largest absolute Gasteiger partial charge is 0.504 e. The lowest BCUT2D eigenvalue weighted by molar-refractivity contribution is -0.348. The van der Waals surface area contributed by atoms with Gasteiger partial charge in [0.05, 0.1) is 12.2 Å². The Morgan fingerprint density at radius 2 is 1.18 bits per heavy atom. The molecule has 3 N–H and O–H groups in total. The van der Waals surface area contributed by atoms with Crippen molar-refractivity contribution < 1.29 is 62.9 Å². The molecule has 2 saturated heterocycles. The summed E-state index contributed by atoms with van der Waals surface area (Å²) in [6.45, 7) is 18.3. The summed E-state index contributed by atoms with van der Waals surface area (Å²) in [6, 6.07) is 3.55. The van der Waals surface area contributed by atoms with E-state index in [-0.39, 0.29) is 28.6 Å². The fourth-order valence-corrected chi connectivity index (χ4v) is 5.33. The molecule has 1 aromatic carbocycles. The molecule has 0 radical (unpaired) electrons. The number of carbonyl (C=O) groups excluding carboxylic acids is 3. The molecule has 1 aromatic rings. The molecule has 0 saturated carbocycles. The Morgan fingerprint density at radius 3 is 1.68 bits per heavy atom. The maximum Gasteiger partial charge on any atom is 0.333 e. The predicted octanol–water partition coefficient (Wildman–Crippen LogP) is 4.43. The van der Waals surface area contributed by atoms with Crippen LogP contribution in [0.25, 0.3) is 0 Å². The Labute approximate surface area is 293 Å². The quantitative estimate of drug-likeness (QED) is 0.168. The number of phenolic OH excluding ortho intramolecular Hbond substituents is 1. The molecular formula is C37H52O13. The lowest BCUT2D eigenvalue weighted by atomic mass is 9.96. The Morgan fingerprint density at radius 1 is 0.720 bits per heavy atom. The van der Waals surface area contributed by atoms with Crippen LogP contribution in [0, 0.1) is 6.92 Å². The van der Waals surface area contributed by atoms with Crippen molar-refractivity contribution in [1.82, 2.24) is 0 Å². The minimum Gasteiger partial charge on any atom is -0.504 e. The van der Waals surface area contributed by atoms with Gasteiger partial charge in [0.25, 0.3) is 0 Å². The summed E-state index contributed by atoms with van der Waals surface area (Å²) in [6.07, 6.45) is -9.21. The normalized spacial score (nSPS) is 30.9. The number of allylic oxidation sites excluding steroid dienone is 3. The first-order valence-corrected chi connectivity index (χ1v) is 16.8. The Bertz CT molecular complexity index is 1480. The average molecular weight is 705 g/mol. The van der Waals surface area contributed by atoms with E-state index in [0.717, 1.165) is 0 Å². The average Bonchev–Trinajstić information content (AvgIpc) is 3.08. The summed E-state index contributed by atoms with van der Waals surface area (Å²) in [4.78, 5) is 39.0. The van der Waals surface area contributed by atoms with E-state index in [1.165, 1.54) is 6.92 Å². The molecule has 0 unspecified atom stereocenters. The molecule has 0 aliphatic carbocycles. The lowest BCUT2D eigenvalue weighted by Gasteiger charge is -2.47. The highest BCUT2D eigenvalue weighted by Crippen LogP contribution is 2.41. The van der Waals surface area contributed by atoms with Crippen molar-refractivity contribution in [3.63, 3.8) is 0 Å². The van der Waals surface area contributed by atoms with Gasteiger partial charge in [-0.2, -0.15) is 0 Å². The zero-order valence-electron chi connectivity index (χ0n) is 30.7. The number of carbonyl (C=O) groups is 3. The molecule has 3 rings (SSSR count). The Kier molecular flexibility index (Phi) is 14.2. The van der Waals surface area contributed by atoms with Crippen LogP contribution in [0.2, 0.25) is 0 Å². The molecule has 13 nitrogen and oxygen atoms in total. The van der Waals surface area contributed by atoms with E-state index in [4.69, 9.17) is 33.2 Å². The molecule has 0 spiro atoms. The number of aliphatic hydroxyl groups is 2. The number of aryl methyl sites for hydroxylation is 1. The fraction of sp³-hybridized carbons (Fsp3) is 0.595. The van der Waals surface area contributed by atoms with Crippen LogP contribution < -0.4 is 4.74 Å². The molecule has 2 heterocycles. The second-order valence-electron chi connectivity index (χ2n) is 12.9. The molecule has 278 valence electrons. The molecule has 13 heteroatoms. The van der Waals surface area contributed by atoms with Gasteiger partial charge in [0, 0.05) is 22.3 Å². The summed E-state index contributed by atoms with van der Waals surface area (Å²) < 4.78 is 42.1. The van der Waals surface area contributed by atoms with Crippen LogP contribution >= 0.6 is 0 Å². The van der Waals surface area contributed by atoms with Gasteiger partial charge in [-0.1, -0.05) is 44.2 Å². The van der Waals surface area contributed by atoms with Gasteiger partial charge < -0.3 is 48.5 Å². The zero-order chi connectivity index (χ0) is 37.6. The number of phenols is 1. The highest BCUT2D eigenvalue weighted by Gasteiger charge is 2.55. The standard InChI is InChI=1S/C37H52O13/c1-12-18(6)33(41)46-28-22(10)44-36(27(40)26(28)39)50-31-29(47-34(42)19(7)13-2)23(11)45-37(32(31)48-35(43)20(8)14-3)49-30-24(17(4)5)16-15-21(9)25(30)38/h12-17,22-23,26-29,31-32,36-40H,1-11H3/t22-,23-,26-,27-,28+,29+,31+,32-,36+,37+/m1/s1. The number of hydrogen-bond donors (Lipinski definition) is 3. The molecule has 0 aromatic heterocycles. The van der Waals surface area contributed by atoms with E-state index in [1.807, 2.05) is 13.8 Å². The number of ether oxygens (including phenoxy) is 7. The van der Waals surface area contributed by atoms with Crippen molar-refractivity contribution in [3.8, 4) is 11.5 Å². The smallest absolute Gasteiger partial charge is 0.333 e. The second kappa shape index (κ2) is 17.5. The van der Waals surface area contributed by atoms with E-state index in [9.17, 15) is 29.7 Å². The van der Waals surface area contributed by atoms with Gasteiger partial charge in [0.2, 0.25) is 6.29 Å². The van der Waals surface area contributed by atoms with Crippen LogP contribution in [0.4, 0.5) is 0 Å². The molecule has 10 atom stereocenters. The molecule has 2 fully saturated rings. The predicted molar refractivity (Wildman–Crippen MR) is 181 cm³/mol. The van der Waals surface area contributed by atoms with E-state index in [2.05, 4.69) is 0 Å². The van der Waals surface area contributed by atoms with Gasteiger partial charge >= 0.3 is 17.9 Å². The highest BCUT2D eigenvalue weighted by molar-refractivity contribution is 5.88. The first-order chi connectivity index (χ1) is 23.5. The third-order valence-corrected chi connectivity index (χ3v) is 9.01. The minimum absolute atomic E-state index is 0.0963. The number of rotatable bonds is 11. The molecular weight excluding hydrogens is 652 g/mol. The van der Waals surface area contributed by atoms with Gasteiger partial charge in [-0.3, -0.25) is 0 Å². The number of esters is 3. The van der Waals surface area contributed by atoms with Crippen molar-refractivity contribution >= 4 is 17.9 Å². The summed E-state index contributed by atoms with van der Waals surface area (Å²) >= 11 is 0. The monoisotopic (exact) mass is 704 g/mol. The van der Waals surface area contributed by atoms with Crippen LogP contribution in [0.3, 0.4) is 0 Å². The summed E-state index contributed by atoms with van der Waals surface area (Å²) in [5.74, 6) is -2.32. The van der Waals surface area contributed by atoms with Crippen molar-refractivity contribution in [2.75, 3.05) is 0 Å². The molecule has 50 heavy (non-hydrogen) atoms. The van der Waals surface area contributed by atoms with E-state index < -0.39 is 79.3 Å². The van der Waals surface area contributed by atoms with Crippen molar-refractivity contribution in [1.29, 1.82) is 0 Å². The zero-order valence-corrected chi connectivity index (χ0v) is 30.7. The number of hydrogen-bond acceptors (Lipinski definition) is 13. The molecule has 0 amide bonds. The molecule has 0 bridgehead atoms. The van der Waals surface area contributed by atoms with Crippen LogP contribution in [0.5, 0.6) is 11.5 Å². The maximum atomic E-state index is 13.3. The SMILES string of the molecule is CC=C(C)C(=O)O[C@@H]1[C@H](O)[C@@H](O)[C@H](O[C@H]2[C@@H](OC(=O)C(C)=CC)[C@@H](C)O[C@@H](Oc3c(C(C)C)ccc(C)c3O)[C@@H]2OC(=O)C(C)=CC)O[C@@H]1C. The summed E-state index contributed by atoms with van der Waals surface area (Å²) in [7, 11) is 0. The summed E-state index contributed by atoms with van der Waals surface area (Å²) in [5.41, 5.74) is 1.97. The van der Waals surface area contributed by atoms with E-state index in [1.54, 1.807) is 85.8 Å². The maximum absolute atomic E-state index is 13.3. The van der Waals surface area contributed by atoms with Crippen LogP contribution in [0.15, 0.2) is 47.1 Å².